The number of aliphatic hydroxyl groups excluding tert-OH is 7. The minimum atomic E-state index is -1.75. The molecule has 11 nitrogen and oxygen atoms in total. The third-order valence-electron chi connectivity index (χ3n) is 4.04. The normalized spacial score (nSPS) is 48.3. The molecule has 6 unspecified atom stereocenters. The number of hydrogen-bond acceptors (Lipinski definition) is 11. The van der Waals surface area contributed by atoms with Gasteiger partial charge in [0.05, 0.1) is 13.2 Å². The van der Waals surface area contributed by atoms with Gasteiger partial charge in [0.2, 0.25) is 0 Å². The summed E-state index contributed by atoms with van der Waals surface area (Å²) in [6.07, 6.45) is -14.4. The van der Waals surface area contributed by atoms with E-state index in [1.54, 1.807) is 0 Å². The van der Waals surface area contributed by atoms with Crippen molar-refractivity contribution < 1.29 is 54.7 Å². The fraction of sp³-hybridized carbons (Fsp3) is 0.857. The monoisotopic (exact) mass is 368 g/mol. The van der Waals surface area contributed by atoms with Crippen LogP contribution >= 0.6 is 0 Å². The molecule has 0 spiro atoms. The van der Waals surface area contributed by atoms with Gasteiger partial charge in [0.1, 0.15) is 42.7 Å². The minimum Gasteiger partial charge on any atom is -0.394 e. The van der Waals surface area contributed by atoms with E-state index >= 15 is 0 Å². The van der Waals surface area contributed by atoms with E-state index in [0.717, 1.165) is 0 Å². The van der Waals surface area contributed by atoms with Crippen LogP contribution < -0.4 is 0 Å². The van der Waals surface area contributed by atoms with Crippen molar-refractivity contribution in [1.82, 2.24) is 0 Å². The number of hydrogen-bond donors (Lipinski definition) is 7. The molecule has 0 radical (unpaired) electrons. The van der Waals surface area contributed by atoms with Crippen LogP contribution in [0.2, 0.25) is 0 Å². The van der Waals surface area contributed by atoms with Gasteiger partial charge in [-0.25, -0.2) is 0 Å². The standard InChI is InChI=1S/C14H24O11/c1-2-3-22-13-10(20)8(18)11(12(21)25-13)24-14-9(19)7(17)6(16)5(4-15)23-14/h2,5-21H,1,3-4H2/t5?,6-,7?,8?,9?,10?,11-,12?,13+,14-/m0/s1. The van der Waals surface area contributed by atoms with Crippen molar-refractivity contribution in [2.75, 3.05) is 13.2 Å². The van der Waals surface area contributed by atoms with Crippen molar-refractivity contribution in [1.29, 1.82) is 0 Å². The van der Waals surface area contributed by atoms with Crippen molar-refractivity contribution in [3.05, 3.63) is 12.7 Å². The van der Waals surface area contributed by atoms with Gasteiger partial charge in [0.25, 0.3) is 0 Å². The van der Waals surface area contributed by atoms with E-state index in [1.165, 1.54) is 6.08 Å². The lowest BCUT2D eigenvalue weighted by molar-refractivity contribution is -0.382. The highest BCUT2D eigenvalue weighted by molar-refractivity contribution is 4.92. The van der Waals surface area contributed by atoms with E-state index in [4.69, 9.17) is 24.1 Å². The minimum absolute atomic E-state index is 0.000594. The molecule has 2 rings (SSSR count). The summed E-state index contributed by atoms with van der Waals surface area (Å²) in [6, 6.07) is 0. The fourth-order valence-electron chi connectivity index (χ4n) is 2.60. The van der Waals surface area contributed by atoms with Crippen LogP contribution in [-0.4, -0.2) is 111 Å². The van der Waals surface area contributed by atoms with Gasteiger partial charge in [0.15, 0.2) is 18.9 Å². The fourth-order valence-corrected chi connectivity index (χ4v) is 2.60. The highest BCUT2D eigenvalue weighted by atomic mass is 16.8. The highest BCUT2D eigenvalue weighted by Crippen LogP contribution is 2.28. The lowest BCUT2D eigenvalue weighted by Gasteiger charge is -2.44. The second-order valence-corrected chi connectivity index (χ2v) is 5.80. The third kappa shape index (κ3) is 4.35. The Hall–Kier alpha value is -0.700. The Bertz CT molecular complexity index is 433. The molecule has 2 aliphatic heterocycles. The zero-order valence-electron chi connectivity index (χ0n) is 13.2. The van der Waals surface area contributed by atoms with Gasteiger partial charge in [-0.15, -0.1) is 6.58 Å². The van der Waals surface area contributed by atoms with E-state index in [0.29, 0.717) is 0 Å². The van der Waals surface area contributed by atoms with Gasteiger partial charge in [-0.3, -0.25) is 0 Å². The molecule has 146 valence electrons. The second-order valence-electron chi connectivity index (χ2n) is 5.80. The van der Waals surface area contributed by atoms with E-state index in [2.05, 4.69) is 6.58 Å². The van der Waals surface area contributed by atoms with Crippen LogP contribution in [0.3, 0.4) is 0 Å². The summed E-state index contributed by atoms with van der Waals surface area (Å²) in [4.78, 5) is 0. The van der Waals surface area contributed by atoms with E-state index < -0.39 is 68.2 Å². The van der Waals surface area contributed by atoms with Crippen LogP contribution in [0.4, 0.5) is 0 Å². The summed E-state index contributed by atoms with van der Waals surface area (Å²) >= 11 is 0. The molecule has 2 heterocycles. The molecular weight excluding hydrogens is 344 g/mol. The Labute approximate surface area is 143 Å². The first-order valence-electron chi connectivity index (χ1n) is 7.70. The topological polar surface area (TPSA) is 179 Å². The maximum absolute atomic E-state index is 10.1. The van der Waals surface area contributed by atoms with Crippen LogP contribution in [0.5, 0.6) is 0 Å². The predicted molar refractivity (Wildman–Crippen MR) is 77.7 cm³/mol. The molecule has 7 N–H and O–H groups in total. The molecule has 2 fully saturated rings. The molecule has 2 saturated heterocycles. The molecule has 0 aliphatic carbocycles. The van der Waals surface area contributed by atoms with Crippen LogP contribution in [0.1, 0.15) is 0 Å². The van der Waals surface area contributed by atoms with Gasteiger partial charge >= 0.3 is 0 Å². The number of aliphatic hydroxyl groups is 7. The number of ether oxygens (including phenoxy) is 4. The van der Waals surface area contributed by atoms with Crippen LogP contribution in [0.15, 0.2) is 12.7 Å². The molecule has 0 bridgehead atoms. The third-order valence-corrected chi connectivity index (χ3v) is 4.04. The Morgan fingerprint density at radius 3 is 2.08 bits per heavy atom. The Morgan fingerprint density at radius 2 is 1.48 bits per heavy atom. The maximum atomic E-state index is 10.1. The molecule has 0 saturated carbocycles. The molecule has 25 heavy (non-hydrogen) atoms. The quantitative estimate of drug-likeness (QED) is 0.226. The average molecular weight is 368 g/mol. The molecule has 11 heteroatoms. The van der Waals surface area contributed by atoms with Crippen molar-refractivity contribution >= 4 is 0 Å². The smallest absolute Gasteiger partial charge is 0.189 e. The Balaban J connectivity index is 2.04. The zero-order chi connectivity index (χ0) is 18.7. The van der Waals surface area contributed by atoms with Gasteiger partial charge < -0.3 is 54.7 Å². The summed E-state index contributed by atoms with van der Waals surface area (Å²) < 4.78 is 20.4. The SMILES string of the molecule is C=CCO[C@@H]1OC(O)[C@@H](O[C@@H]2OC(CO)[C@H](O)C(O)C2O)C(O)C1O. The van der Waals surface area contributed by atoms with Crippen molar-refractivity contribution in [3.63, 3.8) is 0 Å². The van der Waals surface area contributed by atoms with Crippen LogP contribution in [0, 0.1) is 0 Å². The van der Waals surface area contributed by atoms with Gasteiger partial charge in [-0.05, 0) is 0 Å². The van der Waals surface area contributed by atoms with Crippen molar-refractivity contribution in [3.8, 4) is 0 Å². The Kier molecular flexibility index (Phi) is 7.25. The summed E-state index contributed by atoms with van der Waals surface area (Å²) in [6.45, 7) is 2.75. The van der Waals surface area contributed by atoms with Crippen LogP contribution in [0.25, 0.3) is 0 Å². The highest BCUT2D eigenvalue weighted by Gasteiger charge is 2.50. The Morgan fingerprint density at radius 1 is 0.840 bits per heavy atom. The molecule has 0 aromatic carbocycles. The summed E-state index contributed by atoms with van der Waals surface area (Å²) in [5, 5.41) is 68.5. The van der Waals surface area contributed by atoms with Crippen molar-refractivity contribution in [2.24, 2.45) is 0 Å². The van der Waals surface area contributed by atoms with Crippen molar-refractivity contribution in [2.45, 2.75) is 61.6 Å². The molecular formula is C14H24O11. The first-order chi connectivity index (χ1) is 11.8. The average Bonchev–Trinajstić information content (AvgIpc) is 2.60. The number of rotatable bonds is 6. The van der Waals surface area contributed by atoms with E-state index in [9.17, 15) is 30.6 Å². The molecule has 0 amide bonds. The summed E-state index contributed by atoms with van der Waals surface area (Å²) in [5.74, 6) is 0. The summed E-state index contributed by atoms with van der Waals surface area (Å²) in [5.41, 5.74) is 0. The van der Waals surface area contributed by atoms with Gasteiger partial charge in [-0.2, -0.15) is 0 Å². The largest absolute Gasteiger partial charge is 0.394 e. The zero-order valence-corrected chi connectivity index (χ0v) is 13.2. The van der Waals surface area contributed by atoms with Crippen LogP contribution in [-0.2, 0) is 18.9 Å². The summed E-state index contributed by atoms with van der Waals surface area (Å²) in [7, 11) is 0. The first-order valence-corrected chi connectivity index (χ1v) is 7.70. The molecule has 0 aromatic rings. The molecule has 2 aliphatic rings. The first kappa shape index (κ1) is 20.6. The lowest BCUT2D eigenvalue weighted by atomic mass is 9.98. The van der Waals surface area contributed by atoms with Gasteiger partial charge in [0, 0.05) is 0 Å². The predicted octanol–water partition coefficient (Wildman–Crippen LogP) is -4.23. The van der Waals surface area contributed by atoms with E-state index in [1.807, 2.05) is 0 Å². The lowest BCUT2D eigenvalue weighted by Crippen LogP contribution is -2.64. The van der Waals surface area contributed by atoms with E-state index in [-0.39, 0.29) is 6.61 Å². The van der Waals surface area contributed by atoms with Gasteiger partial charge in [-0.1, -0.05) is 6.08 Å². The molecule has 0 aromatic heterocycles. The second kappa shape index (κ2) is 8.79. The molecule has 10 atom stereocenters. The maximum Gasteiger partial charge on any atom is 0.189 e.